The number of hydrogen-bond acceptors (Lipinski definition) is 9. The van der Waals surface area contributed by atoms with Gasteiger partial charge in [-0.15, -0.1) is 5.10 Å². The molecule has 4 aromatic rings. The molecule has 0 saturated heterocycles. The first-order valence-corrected chi connectivity index (χ1v) is 14.6. The van der Waals surface area contributed by atoms with Gasteiger partial charge >= 0.3 is 11.9 Å². The summed E-state index contributed by atoms with van der Waals surface area (Å²) in [6.45, 7) is -1.02. The fourth-order valence-electron chi connectivity index (χ4n) is 3.61. The summed E-state index contributed by atoms with van der Waals surface area (Å²) in [7, 11) is -4.03. The molecular weight excluding hydrogens is 626 g/mol. The molecule has 4 rings (SSSR count). The minimum atomic E-state index is -4.03. The van der Waals surface area contributed by atoms with Crippen molar-refractivity contribution >= 4 is 49.4 Å². The molecule has 3 aromatic carbocycles. The van der Waals surface area contributed by atoms with Crippen LogP contribution >= 0.6 is 27.5 Å². The number of ether oxygens (including phenoxy) is 2. The summed E-state index contributed by atoms with van der Waals surface area (Å²) in [5, 5.41) is 23.5. The van der Waals surface area contributed by atoms with Crippen molar-refractivity contribution in [3.05, 3.63) is 87.7 Å². The van der Waals surface area contributed by atoms with Crippen molar-refractivity contribution in [2.24, 2.45) is 0 Å². The fraction of sp³-hybridized carbons (Fsp3) is 0.154. The van der Waals surface area contributed by atoms with Crippen LogP contribution in [0.4, 0.5) is 0 Å². The lowest BCUT2D eigenvalue weighted by molar-refractivity contribution is -0.140. The number of benzene rings is 3. The molecule has 1 heterocycles. The van der Waals surface area contributed by atoms with E-state index in [1.54, 1.807) is 18.2 Å². The second-order valence-electron chi connectivity index (χ2n) is 8.36. The molecule has 0 bridgehead atoms. The number of aliphatic carboxylic acids is 2. The van der Waals surface area contributed by atoms with Crippen LogP contribution in [0.25, 0.3) is 11.3 Å². The van der Waals surface area contributed by atoms with E-state index in [0.717, 1.165) is 16.8 Å². The fourth-order valence-corrected chi connectivity index (χ4v) is 6.03. The largest absolute Gasteiger partial charge is 0.482 e. The van der Waals surface area contributed by atoms with Gasteiger partial charge in [-0.1, -0.05) is 34.8 Å². The number of carboxylic acids is 2. The molecule has 0 aliphatic heterocycles. The third-order valence-corrected chi connectivity index (χ3v) is 8.43. The van der Waals surface area contributed by atoms with E-state index in [1.165, 1.54) is 40.1 Å². The molecular formula is C26H22BrN3O8S2. The molecule has 0 saturated carbocycles. The molecule has 208 valence electrons. The summed E-state index contributed by atoms with van der Waals surface area (Å²) in [6.07, 6.45) is 0. The Morgan fingerprint density at radius 1 is 0.875 bits per heavy atom. The van der Waals surface area contributed by atoms with Crippen molar-refractivity contribution in [1.29, 1.82) is 0 Å². The van der Waals surface area contributed by atoms with Crippen LogP contribution in [-0.4, -0.2) is 57.7 Å². The SMILES string of the molecule is O=C(O)COc1ccc(S(=O)(=O)N(Cc2ccc(-c3csnn3)cc2)Cc2ccc(OCC(=O)O)c(Br)c2)cc1. The minimum absolute atomic E-state index is 0.000759. The number of aromatic nitrogens is 2. The molecule has 0 amide bonds. The summed E-state index contributed by atoms with van der Waals surface area (Å²) in [5.41, 5.74) is 2.94. The smallest absolute Gasteiger partial charge is 0.341 e. The van der Waals surface area contributed by atoms with Crippen molar-refractivity contribution in [2.75, 3.05) is 13.2 Å². The average Bonchev–Trinajstić information content (AvgIpc) is 3.47. The van der Waals surface area contributed by atoms with Gasteiger partial charge in [0, 0.05) is 24.0 Å². The zero-order chi connectivity index (χ0) is 28.7. The van der Waals surface area contributed by atoms with Crippen molar-refractivity contribution in [1.82, 2.24) is 13.9 Å². The van der Waals surface area contributed by atoms with E-state index < -0.39 is 35.2 Å². The number of nitrogens with zero attached hydrogens (tertiary/aromatic N) is 3. The Hall–Kier alpha value is -3.85. The van der Waals surface area contributed by atoms with Gasteiger partial charge in [-0.3, -0.25) is 0 Å². The highest BCUT2D eigenvalue weighted by atomic mass is 79.9. The molecule has 1 aromatic heterocycles. The van der Waals surface area contributed by atoms with E-state index in [9.17, 15) is 18.0 Å². The molecule has 40 heavy (non-hydrogen) atoms. The first-order chi connectivity index (χ1) is 19.1. The van der Waals surface area contributed by atoms with Gasteiger partial charge < -0.3 is 19.7 Å². The Morgan fingerprint density at radius 2 is 1.50 bits per heavy atom. The maximum Gasteiger partial charge on any atom is 0.341 e. The zero-order valence-corrected chi connectivity index (χ0v) is 23.9. The molecule has 0 aliphatic carbocycles. The van der Waals surface area contributed by atoms with Gasteiger partial charge in [0.1, 0.15) is 17.2 Å². The van der Waals surface area contributed by atoms with Crippen LogP contribution < -0.4 is 9.47 Å². The summed E-state index contributed by atoms with van der Waals surface area (Å²) >= 11 is 4.59. The van der Waals surface area contributed by atoms with Crippen LogP contribution in [0.1, 0.15) is 11.1 Å². The van der Waals surface area contributed by atoms with Crippen molar-refractivity contribution in [3.8, 4) is 22.8 Å². The van der Waals surface area contributed by atoms with Gasteiger partial charge in [0.25, 0.3) is 0 Å². The standard InChI is InChI=1S/C26H22BrN3O8S2/c27-22-11-18(3-10-24(22)38-15-26(33)34)13-30(12-17-1-4-19(5-2-17)23-16-39-29-28-23)40(35,36)21-8-6-20(7-9-21)37-14-25(31)32/h1-11,16H,12-15H2,(H,31,32)(H,33,34). The molecule has 0 unspecified atom stereocenters. The van der Waals surface area contributed by atoms with Crippen molar-refractivity contribution < 1.29 is 37.7 Å². The lowest BCUT2D eigenvalue weighted by Gasteiger charge is -2.23. The number of carbonyl (C=O) groups is 2. The Bertz CT molecular complexity index is 1580. The number of hydrogen-bond donors (Lipinski definition) is 2. The summed E-state index contributed by atoms with van der Waals surface area (Å²) in [5.74, 6) is -1.74. The lowest BCUT2D eigenvalue weighted by atomic mass is 10.1. The first-order valence-electron chi connectivity index (χ1n) is 11.6. The molecule has 0 aliphatic rings. The molecule has 0 fully saturated rings. The normalized spacial score (nSPS) is 11.3. The quantitative estimate of drug-likeness (QED) is 0.215. The van der Waals surface area contributed by atoms with Gasteiger partial charge in [0.05, 0.1) is 9.37 Å². The highest BCUT2D eigenvalue weighted by molar-refractivity contribution is 9.10. The molecule has 0 radical (unpaired) electrons. The minimum Gasteiger partial charge on any atom is -0.482 e. The zero-order valence-electron chi connectivity index (χ0n) is 20.6. The highest BCUT2D eigenvalue weighted by Gasteiger charge is 2.26. The second kappa shape index (κ2) is 13.0. The van der Waals surface area contributed by atoms with Gasteiger partial charge in [0.2, 0.25) is 10.0 Å². The number of sulfonamides is 1. The van der Waals surface area contributed by atoms with E-state index in [4.69, 9.17) is 19.7 Å². The molecule has 11 nitrogen and oxygen atoms in total. The predicted octanol–water partition coefficient (Wildman–Crippen LogP) is 4.29. The van der Waals surface area contributed by atoms with Crippen molar-refractivity contribution in [2.45, 2.75) is 18.0 Å². The summed E-state index contributed by atoms with van der Waals surface area (Å²) < 4.78 is 43.6. The van der Waals surface area contributed by atoms with Gasteiger partial charge in [-0.05, 0) is 75.0 Å². The number of carboxylic acid groups (broad SMARTS) is 2. The molecule has 0 spiro atoms. The Balaban J connectivity index is 1.61. The van der Waals surface area contributed by atoms with E-state index >= 15 is 0 Å². The molecule has 14 heteroatoms. The summed E-state index contributed by atoms with van der Waals surface area (Å²) in [4.78, 5) is 21.6. The Kier molecular flexibility index (Phi) is 9.47. The lowest BCUT2D eigenvalue weighted by Crippen LogP contribution is -2.30. The van der Waals surface area contributed by atoms with Crippen LogP contribution in [0.5, 0.6) is 11.5 Å². The number of rotatable bonds is 13. The van der Waals surface area contributed by atoms with Crippen LogP contribution in [0.15, 0.2) is 81.5 Å². The maximum atomic E-state index is 13.8. The van der Waals surface area contributed by atoms with Gasteiger partial charge in [-0.2, -0.15) is 4.31 Å². The van der Waals surface area contributed by atoms with Crippen LogP contribution in [-0.2, 0) is 32.7 Å². The first kappa shape index (κ1) is 29.1. The second-order valence-corrected chi connectivity index (χ2v) is 11.8. The monoisotopic (exact) mass is 647 g/mol. The number of halogens is 1. The van der Waals surface area contributed by atoms with Crippen LogP contribution in [0, 0.1) is 0 Å². The topological polar surface area (TPSA) is 156 Å². The van der Waals surface area contributed by atoms with E-state index in [2.05, 4.69) is 25.5 Å². The van der Waals surface area contributed by atoms with Crippen LogP contribution in [0.3, 0.4) is 0 Å². The molecule has 0 atom stereocenters. The maximum absolute atomic E-state index is 13.8. The Morgan fingerprint density at radius 3 is 2.10 bits per heavy atom. The highest BCUT2D eigenvalue weighted by Crippen LogP contribution is 2.29. The Labute approximate surface area is 242 Å². The average molecular weight is 649 g/mol. The van der Waals surface area contributed by atoms with Crippen molar-refractivity contribution in [3.63, 3.8) is 0 Å². The van der Waals surface area contributed by atoms with E-state index in [0.29, 0.717) is 15.8 Å². The van der Waals surface area contributed by atoms with E-state index in [-0.39, 0.29) is 23.7 Å². The van der Waals surface area contributed by atoms with Crippen LogP contribution in [0.2, 0.25) is 0 Å². The van der Waals surface area contributed by atoms with Gasteiger partial charge in [0.15, 0.2) is 13.2 Å². The third kappa shape index (κ3) is 7.63. The third-order valence-electron chi connectivity index (χ3n) is 5.50. The molecule has 2 N–H and O–H groups in total. The summed E-state index contributed by atoms with van der Waals surface area (Å²) in [6, 6.07) is 17.7. The van der Waals surface area contributed by atoms with Gasteiger partial charge in [-0.25, -0.2) is 18.0 Å². The van der Waals surface area contributed by atoms with E-state index in [1.807, 2.05) is 29.6 Å². The predicted molar refractivity (Wildman–Crippen MR) is 149 cm³/mol.